The Hall–Kier alpha value is -2.93. The molecule has 1 aliphatic heterocycles. The molecule has 7 nitrogen and oxygen atoms in total. The molecular formula is C16H12ClN5O2. The second kappa shape index (κ2) is 5.04. The highest BCUT2D eigenvalue weighted by molar-refractivity contribution is 6.29. The van der Waals surface area contributed by atoms with Gasteiger partial charge in [-0.3, -0.25) is 0 Å². The van der Waals surface area contributed by atoms with Gasteiger partial charge < -0.3 is 24.8 Å². The van der Waals surface area contributed by atoms with Gasteiger partial charge in [-0.15, -0.1) is 0 Å². The summed E-state index contributed by atoms with van der Waals surface area (Å²) in [6, 6.07) is 7.43. The van der Waals surface area contributed by atoms with Crippen molar-refractivity contribution in [2.45, 2.75) is 0 Å². The average Bonchev–Trinajstić information content (AvgIpc) is 3.19. The average molecular weight is 342 g/mol. The van der Waals surface area contributed by atoms with Gasteiger partial charge >= 0.3 is 0 Å². The highest BCUT2D eigenvalue weighted by Crippen LogP contribution is 2.37. The number of nitrogens with zero attached hydrogens (tertiary/aromatic N) is 2. The fourth-order valence-electron chi connectivity index (χ4n) is 2.84. The zero-order chi connectivity index (χ0) is 16.1. The third kappa shape index (κ3) is 2.05. The number of imidazole rings is 1. The molecule has 0 spiro atoms. The van der Waals surface area contributed by atoms with Crippen LogP contribution in [0.25, 0.3) is 22.1 Å². The maximum absolute atomic E-state index is 5.99. The number of hydrogen-bond acceptors (Lipinski definition) is 5. The Kier molecular flexibility index (Phi) is 2.83. The summed E-state index contributed by atoms with van der Waals surface area (Å²) in [6.07, 6.45) is 1.83. The van der Waals surface area contributed by atoms with Crippen LogP contribution >= 0.6 is 11.6 Å². The molecular weight excluding hydrogens is 330 g/mol. The van der Waals surface area contributed by atoms with E-state index in [1.54, 1.807) is 6.07 Å². The number of benzene rings is 1. The predicted octanol–water partition coefficient (Wildman–Crippen LogP) is 3.61. The molecule has 0 atom stereocenters. The highest BCUT2D eigenvalue weighted by Gasteiger charge is 2.18. The second-order valence-electron chi connectivity index (χ2n) is 5.43. The Morgan fingerprint density at radius 2 is 1.88 bits per heavy atom. The maximum atomic E-state index is 5.99. The first kappa shape index (κ1) is 13.5. The molecule has 1 aromatic carbocycles. The number of aromatic amines is 2. The summed E-state index contributed by atoms with van der Waals surface area (Å²) in [5.74, 6) is 1.98. The van der Waals surface area contributed by atoms with Crippen molar-refractivity contribution < 1.29 is 9.47 Å². The van der Waals surface area contributed by atoms with Crippen molar-refractivity contribution in [3.63, 3.8) is 0 Å². The summed E-state index contributed by atoms with van der Waals surface area (Å²) in [5, 5.41) is 3.67. The van der Waals surface area contributed by atoms with E-state index in [1.807, 2.05) is 24.4 Å². The van der Waals surface area contributed by atoms with Crippen LogP contribution in [-0.2, 0) is 0 Å². The lowest BCUT2D eigenvalue weighted by atomic mass is 10.2. The smallest absolute Gasteiger partial charge is 0.205 e. The third-order valence-corrected chi connectivity index (χ3v) is 4.11. The predicted molar refractivity (Wildman–Crippen MR) is 91.5 cm³/mol. The maximum Gasteiger partial charge on any atom is 0.205 e. The minimum absolute atomic E-state index is 0.439. The molecule has 0 unspecified atom stereocenters. The number of hydrogen-bond donors (Lipinski definition) is 3. The van der Waals surface area contributed by atoms with Crippen LogP contribution in [0.1, 0.15) is 0 Å². The van der Waals surface area contributed by atoms with E-state index in [0.717, 1.165) is 27.8 Å². The molecule has 8 heteroatoms. The molecule has 3 N–H and O–H groups in total. The summed E-state index contributed by atoms with van der Waals surface area (Å²) in [5.41, 5.74) is 4.04. The standard InChI is InChI=1S/C16H12ClN5O2/c17-12-4-2-8-13(21-12)10(7-18-8)20-16-19-9-1-3-11-15(14(9)22-16)24-6-5-23-11/h1-4,7,18H,5-6H2,(H2,19,20,22). The molecule has 0 aliphatic carbocycles. The second-order valence-corrected chi connectivity index (χ2v) is 5.82. The van der Waals surface area contributed by atoms with Gasteiger partial charge in [0.2, 0.25) is 5.95 Å². The Bertz CT molecular complexity index is 1070. The van der Waals surface area contributed by atoms with Crippen LogP contribution in [0.4, 0.5) is 11.6 Å². The molecule has 3 aromatic heterocycles. The third-order valence-electron chi connectivity index (χ3n) is 3.90. The molecule has 1 aliphatic rings. The van der Waals surface area contributed by atoms with E-state index in [4.69, 9.17) is 21.1 Å². The number of pyridine rings is 1. The quantitative estimate of drug-likeness (QED) is 0.485. The fraction of sp³-hybridized carbons (Fsp3) is 0.125. The minimum Gasteiger partial charge on any atom is -0.486 e. The molecule has 0 saturated heterocycles. The van der Waals surface area contributed by atoms with Gasteiger partial charge in [0.05, 0.1) is 16.7 Å². The molecule has 0 saturated carbocycles. The molecule has 0 bridgehead atoms. The first-order valence-electron chi connectivity index (χ1n) is 7.47. The number of rotatable bonds is 2. The number of fused-ring (bicyclic) bond motifs is 4. The summed E-state index contributed by atoms with van der Waals surface area (Å²) in [6.45, 7) is 1.07. The van der Waals surface area contributed by atoms with E-state index in [9.17, 15) is 0 Å². The van der Waals surface area contributed by atoms with Crippen molar-refractivity contribution in [2.75, 3.05) is 18.5 Å². The van der Waals surface area contributed by atoms with Crippen LogP contribution in [0.15, 0.2) is 30.5 Å². The van der Waals surface area contributed by atoms with Gasteiger partial charge in [0, 0.05) is 6.20 Å². The van der Waals surface area contributed by atoms with Crippen LogP contribution in [0.5, 0.6) is 11.5 Å². The Balaban J connectivity index is 1.58. The van der Waals surface area contributed by atoms with E-state index >= 15 is 0 Å². The number of ether oxygens (including phenoxy) is 2. The minimum atomic E-state index is 0.439. The van der Waals surface area contributed by atoms with Crippen LogP contribution in [-0.4, -0.2) is 33.1 Å². The lowest BCUT2D eigenvalue weighted by molar-refractivity contribution is 0.173. The van der Waals surface area contributed by atoms with E-state index in [-0.39, 0.29) is 0 Å². The Morgan fingerprint density at radius 3 is 2.83 bits per heavy atom. The summed E-state index contributed by atoms with van der Waals surface area (Å²) >= 11 is 5.99. The van der Waals surface area contributed by atoms with Crippen LogP contribution in [0.2, 0.25) is 5.15 Å². The monoisotopic (exact) mass is 341 g/mol. The van der Waals surface area contributed by atoms with E-state index in [1.165, 1.54) is 0 Å². The topological polar surface area (TPSA) is 87.9 Å². The lowest BCUT2D eigenvalue weighted by Crippen LogP contribution is -2.15. The normalized spacial score (nSPS) is 13.5. The molecule has 5 rings (SSSR count). The van der Waals surface area contributed by atoms with Crippen LogP contribution < -0.4 is 14.8 Å². The Labute approximate surface area is 141 Å². The molecule has 0 amide bonds. The van der Waals surface area contributed by atoms with Crippen molar-refractivity contribution in [3.8, 4) is 11.5 Å². The first-order valence-corrected chi connectivity index (χ1v) is 7.85. The van der Waals surface area contributed by atoms with Gasteiger partial charge in [0.25, 0.3) is 0 Å². The summed E-state index contributed by atoms with van der Waals surface area (Å²) < 4.78 is 11.3. The molecule has 4 aromatic rings. The molecule has 120 valence electrons. The lowest BCUT2D eigenvalue weighted by Gasteiger charge is -2.17. The van der Waals surface area contributed by atoms with E-state index in [0.29, 0.717) is 35.8 Å². The van der Waals surface area contributed by atoms with Gasteiger partial charge in [-0.05, 0) is 24.3 Å². The van der Waals surface area contributed by atoms with E-state index < -0.39 is 0 Å². The number of nitrogens with one attached hydrogen (secondary N) is 3. The van der Waals surface area contributed by atoms with Crippen LogP contribution in [0.3, 0.4) is 0 Å². The van der Waals surface area contributed by atoms with Gasteiger partial charge in [-0.2, -0.15) is 0 Å². The SMILES string of the molecule is Clc1ccc2[nH]cc(Nc3nc4c5c(ccc4[nH]3)OCCO5)c2n1. The van der Waals surface area contributed by atoms with Crippen molar-refractivity contribution in [1.29, 1.82) is 0 Å². The molecule has 24 heavy (non-hydrogen) atoms. The van der Waals surface area contributed by atoms with E-state index in [2.05, 4.69) is 25.3 Å². The zero-order valence-electron chi connectivity index (χ0n) is 12.4. The van der Waals surface area contributed by atoms with Crippen LogP contribution in [0, 0.1) is 0 Å². The first-order chi connectivity index (χ1) is 11.8. The number of anilines is 2. The molecule has 4 heterocycles. The van der Waals surface area contributed by atoms with Crippen molar-refractivity contribution >= 4 is 45.3 Å². The van der Waals surface area contributed by atoms with Gasteiger partial charge in [-0.25, -0.2) is 9.97 Å². The van der Waals surface area contributed by atoms with Crippen molar-refractivity contribution in [2.24, 2.45) is 0 Å². The number of halogens is 1. The summed E-state index contributed by atoms with van der Waals surface area (Å²) in [4.78, 5) is 15.3. The van der Waals surface area contributed by atoms with Gasteiger partial charge in [0.15, 0.2) is 11.5 Å². The van der Waals surface area contributed by atoms with Gasteiger partial charge in [-0.1, -0.05) is 11.6 Å². The van der Waals surface area contributed by atoms with Crippen molar-refractivity contribution in [1.82, 2.24) is 19.9 Å². The summed E-state index contributed by atoms with van der Waals surface area (Å²) in [7, 11) is 0. The zero-order valence-corrected chi connectivity index (χ0v) is 13.1. The molecule has 0 fully saturated rings. The Morgan fingerprint density at radius 1 is 1.00 bits per heavy atom. The largest absolute Gasteiger partial charge is 0.486 e. The fourth-order valence-corrected chi connectivity index (χ4v) is 2.99. The number of aromatic nitrogens is 4. The molecule has 0 radical (unpaired) electrons. The highest BCUT2D eigenvalue weighted by atomic mass is 35.5. The number of H-pyrrole nitrogens is 2. The van der Waals surface area contributed by atoms with Gasteiger partial charge in [0.1, 0.15) is 29.4 Å². The van der Waals surface area contributed by atoms with Crippen molar-refractivity contribution in [3.05, 3.63) is 35.6 Å².